The van der Waals surface area contributed by atoms with Crippen LogP contribution < -0.4 is 5.32 Å². The van der Waals surface area contributed by atoms with Crippen molar-refractivity contribution in [1.82, 2.24) is 15.1 Å². The molecule has 1 amide bonds. The first-order valence-electron chi connectivity index (χ1n) is 7.95. The molecule has 116 valence electrons. The molecule has 0 radical (unpaired) electrons. The lowest BCUT2D eigenvalue weighted by Crippen LogP contribution is -2.56. The highest BCUT2D eigenvalue weighted by Crippen LogP contribution is 2.34. The van der Waals surface area contributed by atoms with E-state index < -0.39 is 0 Å². The van der Waals surface area contributed by atoms with E-state index in [2.05, 4.69) is 46.5 Å². The van der Waals surface area contributed by atoms with E-state index in [9.17, 15) is 4.79 Å². The summed E-state index contributed by atoms with van der Waals surface area (Å²) in [7, 11) is 0. The fourth-order valence-corrected chi connectivity index (χ4v) is 4.30. The van der Waals surface area contributed by atoms with Gasteiger partial charge in [0.15, 0.2) is 0 Å². The second-order valence-corrected chi connectivity index (χ2v) is 7.33. The van der Waals surface area contributed by atoms with Gasteiger partial charge in [-0.05, 0) is 38.1 Å². The molecule has 4 nitrogen and oxygen atoms in total. The van der Waals surface area contributed by atoms with Crippen molar-refractivity contribution in [3.8, 4) is 0 Å². The molecule has 1 aromatic rings. The average molecular weight is 307 g/mol. The summed E-state index contributed by atoms with van der Waals surface area (Å²) >= 11 is 1.77. The van der Waals surface area contributed by atoms with Crippen LogP contribution in [-0.4, -0.2) is 54.0 Å². The first-order valence-corrected chi connectivity index (χ1v) is 8.83. The molecule has 0 spiro atoms. The van der Waals surface area contributed by atoms with Gasteiger partial charge in [0, 0.05) is 36.6 Å². The van der Waals surface area contributed by atoms with Gasteiger partial charge in [-0.1, -0.05) is 6.07 Å². The number of piperazine rings is 1. The van der Waals surface area contributed by atoms with E-state index in [-0.39, 0.29) is 0 Å². The zero-order valence-electron chi connectivity index (χ0n) is 12.9. The summed E-state index contributed by atoms with van der Waals surface area (Å²) in [6.07, 6.45) is 2.24. The van der Waals surface area contributed by atoms with Gasteiger partial charge in [0.05, 0.1) is 12.6 Å². The van der Waals surface area contributed by atoms with Crippen molar-refractivity contribution in [2.45, 2.75) is 44.8 Å². The minimum absolute atomic E-state index is 0.298. The van der Waals surface area contributed by atoms with Crippen LogP contribution in [0, 0.1) is 0 Å². The van der Waals surface area contributed by atoms with Gasteiger partial charge in [0.2, 0.25) is 5.91 Å². The highest BCUT2D eigenvalue weighted by molar-refractivity contribution is 7.10. The maximum atomic E-state index is 12.7. The SMILES string of the molecule is CC1CN(CC(=O)N2CCCC2c2cccs2)C(C)CN1. The molecule has 2 aliphatic heterocycles. The third-order valence-corrected chi connectivity index (χ3v) is 5.65. The van der Waals surface area contributed by atoms with E-state index in [1.165, 1.54) is 4.88 Å². The largest absolute Gasteiger partial charge is 0.334 e. The van der Waals surface area contributed by atoms with Crippen molar-refractivity contribution < 1.29 is 4.79 Å². The summed E-state index contributed by atoms with van der Waals surface area (Å²) in [6, 6.07) is 5.47. The molecule has 2 saturated heterocycles. The lowest BCUT2D eigenvalue weighted by Gasteiger charge is -2.38. The molecule has 0 aromatic carbocycles. The number of hydrogen-bond donors (Lipinski definition) is 1. The summed E-state index contributed by atoms with van der Waals surface area (Å²) in [4.78, 5) is 18.5. The maximum absolute atomic E-state index is 12.7. The van der Waals surface area contributed by atoms with E-state index in [0.717, 1.165) is 32.5 Å². The van der Waals surface area contributed by atoms with E-state index in [1.54, 1.807) is 11.3 Å². The summed E-state index contributed by atoms with van der Waals surface area (Å²) in [5.74, 6) is 0.298. The van der Waals surface area contributed by atoms with Gasteiger partial charge >= 0.3 is 0 Å². The predicted octanol–water partition coefficient (Wildman–Crippen LogP) is 2.09. The Morgan fingerprint density at radius 2 is 2.33 bits per heavy atom. The summed E-state index contributed by atoms with van der Waals surface area (Å²) in [6.45, 7) is 7.81. The lowest BCUT2D eigenvalue weighted by atomic mass is 10.1. The van der Waals surface area contributed by atoms with E-state index >= 15 is 0 Å². The number of rotatable bonds is 3. The predicted molar refractivity (Wildman–Crippen MR) is 86.5 cm³/mol. The fourth-order valence-electron chi connectivity index (χ4n) is 3.42. The number of amides is 1. The first kappa shape index (κ1) is 15.0. The molecule has 0 bridgehead atoms. The van der Waals surface area contributed by atoms with Crippen molar-refractivity contribution in [3.05, 3.63) is 22.4 Å². The molecule has 21 heavy (non-hydrogen) atoms. The van der Waals surface area contributed by atoms with Crippen LogP contribution in [0.4, 0.5) is 0 Å². The Balaban J connectivity index is 1.64. The van der Waals surface area contributed by atoms with Crippen LogP contribution >= 0.6 is 11.3 Å². The minimum Gasteiger partial charge on any atom is -0.334 e. The standard InChI is InChI=1S/C16H25N3OS/c1-12-10-18(13(2)9-17-12)11-16(20)19-7-3-5-14(19)15-6-4-8-21-15/h4,6,8,12-14,17H,3,5,7,9-11H2,1-2H3. The summed E-state index contributed by atoms with van der Waals surface area (Å²) in [5.41, 5.74) is 0. The van der Waals surface area contributed by atoms with Crippen LogP contribution in [0.5, 0.6) is 0 Å². The van der Waals surface area contributed by atoms with E-state index in [4.69, 9.17) is 0 Å². The van der Waals surface area contributed by atoms with Crippen molar-refractivity contribution in [2.24, 2.45) is 0 Å². The molecule has 3 heterocycles. The van der Waals surface area contributed by atoms with Gasteiger partial charge in [0.1, 0.15) is 0 Å². The Labute approximate surface area is 131 Å². The second kappa shape index (κ2) is 6.46. The van der Waals surface area contributed by atoms with Gasteiger partial charge in [0.25, 0.3) is 0 Å². The Morgan fingerprint density at radius 3 is 3.10 bits per heavy atom. The number of carbonyl (C=O) groups excluding carboxylic acids is 1. The molecule has 1 aromatic heterocycles. The number of nitrogens with zero attached hydrogens (tertiary/aromatic N) is 2. The molecule has 3 atom stereocenters. The van der Waals surface area contributed by atoms with Gasteiger partial charge in [-0.2, -0.15) is 0 Å². The minimum atomic E-state index is 0.298. The molecule has 2 fully saturated rings. The molecule has 3 rings (SSSR count). The van der Waals surface area contributed by atoms with Crippen LogP contribution in [0.3, 0.4) is 0 Å². The zero-order chi connectivity index (χ0) is 14.8. The van der Waals surface area contributed by atoms with Crippen molar-refractivity contribution >= 4 is 17.2 Å². The number of nitrogens with one attached hydrogen (secondary N) is 1. The Bertz CT molecular complexity index is 476. The number of hydrogen-bond acceptors (Lipinski definition) is 4. The first-order chi connectivity index (χ1) is 10.1. The Hall–Kier alpha value is -0.910. The number of thiophene rings is 1. The lowest BCUT2D eigenvalue weighted by molar-refractivity contribution is -0.134. The molecular formula is C16H25N3OS. The fraction of sp³-hybridized carbons (Fsp3) is 0.688. The Morgan fingerprint density at radius 1 is 1.48 bits per heavy atom. The third kappa shape index (κ3) is 3.30. The van der Waals surface area contributed by atoms with Gasteiger partial charge in [-0.25, -0.2) is 0 Å². The molecule has 5 heteroatoms. The van der Waals surface area contributed by atoms with Crippen molar-refractivity contribution in [1.29, 1.82) is 0 Å². The van der Waals surface area contributed by atoms with Crippen molar-refractivity contribution in [3.63, 3.8) is 0 Å². The molecule has 0 saturated carbocycles. The zero-order valence-corrected chi connectivity index (χ0v) is 13.7. The summed E-state index contributed by atoms with van der Waals surface area (Å²) in [5, 5.41) is 5.58. The van der Waals surface area contributed by atoms with Crippen LogP contribution in [0.15, 0.2) is 17.5 Å². The number of carbonyl (C=O) groups is 1. The van der Waals surface area contributed by atoms with Gasteiger partial charge < -0.3 is 10.2 Å². The molecule has 2 aliphatic rings. The molecule has 3 unspecified atom stereocenters. The smallest absolute Gasteiger partial charge is 0.237 e. The third-order valence-electron chi connectivity index (χ3n) is 4.68. The maximum Gasteiger partial charge on any atom is 0.237 e. The van der Waals surface area contributed by atoms with Crippen LogP contribution in [0.2, 0.25) is 0 Å². The van der Waals surface area contributed by atoms with Gasteiger partial charge in [-0.3, -0.25) is 9.69 Å². The summed E-state index contributed by atoms with van der Waals surface area (Å²) < 4.78 is 0. The molecule has 1 N–H and O–H groups in total. The molecule has 0 aliphatic carbocycles. The highest BCUT2D eigenvalue weighted by atomic mass is 32.1. The Kier molecular flexibility index (Phi) is 4.62. The van der Waals surface area contributed by atoms with Crippen molar-refractivity contribution in [2.75, 3.05) is 26.2 Å². The number of likely N-dealkylation sites (tertiary alicyclic amines) is 1. The van der Waals surface area contributed by atoms with E-state index in [1.807, 2.05) is 0 Å². The average Bonchev–Trinajstić information content (AvgIpc) is 3.12. The topological polar surface area (TPSA) is 35.6 Å². The van der Waals surface area contributed by atoms with Crippen LogP contribution in [0.25, 0.3) is 0 Å². The normalized spacial score (nSPS) is 30.8. The van der Waals surface area contributed by atoms with Gasteiger partial charge in [-0.15, -0.1) is 11.3 Å². The quantitative estimate of drug-likeness (QED) is 0.929. The van der Waals surface area contributed by atoms with E-state index in [0.29, 0.717) is 30.6 Å². The van der Waals surface area contributed by atoms with Crippen LogP contribution in [0.1, 0.15) is 37.6 Å². The molecular weight excluding hydrogens is 282 g/mol. The van der Waals surface area contributed by atoms with Crippen LogP contribution in [-0.2, 0) is 4.79 Å². The highest BCUT2D eigenvalue weighted by Gasteiger charge is 2.33. The monoisotopic (exact) mass is 307 g/mol. The second-order valence-electron chi connectivity index (χ2n) is 6.35.